The molecule has 1 aromatic rings. The van der Waals surface area contributed by atoms with E-state index in [0.29, 0.717) is 6.54 Å². The van der Waals surface area contributed by atoms with Crippen LogP contribution in [-0.4, -0.2) is 39.9 Å². The van der Waals surface area contributed by atoms with Crippen LogP contribution in [-0.2, 0) is 20.9 Å². The van der Waals surface area contributed by atoms with Gasteiger partial charge in [-0.25, -0.2) is 4.79 Å². The van der Waals surface area contributed by atoms with Crippen LogP contribution in [0.25, 0.3) is 0 Å². The smallest absolute Gasteiger partial charge is 0.327 e. The topological polar surface area (TPSA) is 95.5 Å². The van der Waals surface area contributed by atoms with Gasteiger partial charge in [0, 0.05) is 18.7 Å². The Morgan fingerprint density at radius 2 is 2.05 bits per heavy atom. The summed E-state index contributed by atoms with van der Waals surface area (Å²) in [5, 5.41) is 13.5. The Bertz CT molecular complexity index is 535. The van der Waals surface area contributed by atoms with Crippen LogP contribution in [0.3, 0.4) is 0 Å². The van der Waals surface area contributed by atoms with E-state index in [1.54, 1.807) is 0 Å². The summed E-state index contributed by atoms with van der Waals surface area (Å²) in [6.07, 6.45) is 0.0513. The van der Waals surface area contributed by atoms with E-state index in [-0.39, 0.29) is 18.1 Å². The molecule has 0 saturated carbocycles. The Morgan fingerprint density at radius 3 is 2.67 bits per heavy atom. The van der Waals surface area contributed by atoms with Crippen LogP contribution in [0.5, 0.6) is 0 Å². The number of thioether (sulfide) groups is 1. The summed E-state index contributed by atoms with van der Waals surface area (Å²) in [7, 11) is 0. The van der Waals surface area contributed by atoms with Crippen LogP contribution in [0.4, 0.5) is 0 Å². The van der Waals surface area contributed by atoms with Crippen molar-refractivity contribution in [2.24, 2.45) is 0 Å². The van der Waals surface area contributed by atoms with Crippen LogP contribution < -0.4 is 10.6 Å². The summed E-state index contributed by atoms with van der Waals surface area (Å²) in [5.74, 6) is -1.39. The van der Waals surface area contributed by atoms with Crippen LogP contribution in [0.15, 0.2) is 30.3 Å². The number of aliphatic carboxylic acids is 1. The maximum absolute atomic E-state index is 11.8. The third kappa shape index (κ3) is 4.49. The molecule has 21 heavy (non-hydrogen) atoms. The SMILES string of the molecule is O=C(CC1SCC(C(=O)O)NC1=O)NCc1ccccc1. The fourth-order valence-electron chi connectivity index (χ4n) is 1.92. The lowest BCUT2D eigenvalue weighted by Crippen LogP contribution is -2.51. The molecule has 6 nitrogen and oxygen atoms in total. The summed E-state index contributed by atoms with van der Waals surface area (Å²) >= 11 is 1.20. The molecule has 1 saturated heterocycles. The molecule has 2 rings (SSSR count). The zero-order valence-corrected chi connectivity index (χ0v) is 12.1. The molecule has 0 bridgehead atoms. The Kier molecular flexibility index (Phi) is 5.21. The van der Waals surface area contributed by atoms with Crippen molar-refractivity contribution in [1.29, 1.82) is 0 Å². The summed E-state index contributed by atoms with van der Waals surface area (Å²) in [4.78, 5) is 34.3. The Balaban J connectivity index is 1.78. The first-order chi connectivity index (χ1) is 10.1. The zero-order chi connectivity index (χ0) is 15.2. The highest BCUT2D eigenvalue weighted by molar-refractivity contribution is 8.00. The monoisotopic (exact) mass is 308 g/mol. The van der Waals surface area contributed by atoms with Gasteiger partial charge in [-0.3, -0.25) is 9.59 Å². The van der Waals surface area contributed by atoms with Crippen molar-refractivity contribution in [2.75, 3.05) is 5.75 Å². The van der Waals surface area contributed by atoms with E-state index in [1.165, 1.54) is 11.8 Å². The first-order valence-electron chi connectivity index (χ1n) is 6.51. The van der Waals surface area contributed by atoms with Crippen LogP contribution >= 0.6 is 11.8 Å². The third-order valence-electron chi connectivity index (χ3n) is 3.07. The zero-order valence-electron chi connectivity index (χ0n) is 11.2. The molecular weight excluding hydrogens is 292 g/mol. The largest absolute Gasteiger partial charge is 0.480 e. The van der Waals surface area contributed by atoms with Crippen LogP contribution in [0.1, 0.15) is 12.0 Å². The molecule has 2 unspecified atom stereocenters. The number of hydrogen-bond acceptors (Lipinski definition) is 4. The minimum Gasteiger partial charge on any atom is -0.480 e. The standard InChI is InChI=1S/C14H16N2O4S/c17-12(15-7-9-4-2-1-3-5-9)6-11-13(18)16-10(8-21-11)14(19)20/h1-5,10-11H,6-8H2,(H,15,17)(H,16,18)(H,19,20). The van der Waals surface area contributed by atoms with Crippen LogP contribution in [0, 0.1) is 0 Å². The first-order valence-corrected chi connectivity index (χ1v) is 7.56. The van der Waals surface area contributed by atoms with Crippen molar-refractivity contribution >= 4 is 29.5 Å². The quantitative estimate of drug-likeness (QED) is 0.731. The average Bonchev–Trinajstić information content (AvgIpc) is 2.48. The fourth-order valence-corrected chi connectivity index (χ4v) is 3.06. The lowest BCUT2D eigenvalue weighted by molar-refractivity contribution is -0.141. The molecule has 2 atom stereocenters. The van der Waals surface area contributed by atoms with E-state index in [4.69, 9.17) is 5.11 Å². The predicted octanol–water partition coefficient (Wildman–Crippen LogP) is 0.378. The molecule has 1 aliphatic heterocycles. The molecule has 1 aromatic carbocycles. The van der Waals surface area contributed by atoms with Gasteiger partial charge in [0.1, 0.15) is 6.04 Å². The van der Waals surface area contributed by atoms with Gasteiger partial charge in [-0.1, -0.05) is 30.3 Å². The van der Waals surface area contributed by atoms with Crippen molar-refractivity contribution in [3.63, 3.8) is 0 Å². The molecule has 112 valence electrons. The van der Waals surface area contributed by atoms with E-state index in [1.807, 2.05) is 30.3 Å². The van der Waals surface area contributed by atoms with Gasteiger partial charge in [-0.15, -0.1) is 11.8 Å². The Labute approximate surface area is 126 Å². The van der Waals surface area contributed by atoms with Crippen molar-refractivity contribution in [1.82, 2.24) is 10.6 Å². The normalized spacial score (nSPS) is 21.4. The molecule has 7 heteroatoms. The second-order valence-electron chi connectivity index (χ2n) is 4.69. The highest BCUT2D eigenvalue weighted by atomic mass is 32.2. The van der Waals surface area contributed by atoms with Gasteiger partial charge in [0.2, 0.25) is 11.8 Å². The molecule has 0 aromatic heterocycles. The maximum Gasteiger partial charge on any atom is 0.327 e. The maximum atomic E-state index is 11.8. The number of hydrogen-bond donors (Lipinski definition) is 3. The van der Waals surface area contributed by atoms with Gasteiger partial charge in [0.25, 0.3) is 0 Å². The predicted molar refractivity (Wildman–Crippen MR) is 78.7 cm³/mol. The van der Waals surface area contributed by atoms with Gasteiger partial charge < -0.3 is 15.7 Å². The molecule has 0 aliphatic carbocycles. The van der Waals surface area contributed by atoms with E-state index < -0.39 is 23.2 Å². The van der Waals surface area contributed by atoms with Crippen LogP contribution in [0.2, 0.25) is 0 Å². The molecular formula is C14H16N2O4S. The minimum absolute atomic E-state index is 0.0513. The summed E-state index contributed by atoms with van der Waals surface area (Å²) < 4.78 is 0. The number of carbonyl (C=O) groups is 3. The lowest BCUT2D eigenvalue weighted by atomic mass is 10.2. The summed E-state index contributed by atoms with van der Waals surface area (Å²) in [6, 6.07) is 8.61. The summed E-state index contributed by atoms with van der Waals surface area (Å²) in [6.45, 7) is 0.413. The number of amides is 2. The molecule has 1 fully saturated rings. The number of nitrogens with one attached hydrogen (secondary N) is 2. The van der Waals surface area contributed by atoms with Crippen molar-refractivity contribution in [2.45, 2.75) is 24.3 Å². The molecule has 0 spiro atoms. The van der Waals surface area contributed by atoms with Crippen molar-refractivity contribution in [3.05, 3.63) is 35.9 Å². The molecule has 1 aliphatic rings. The van der Waals surface area contributed by atoms with Gasteiger partial charge >= 0.3 is 5.97 Å². The Morgan fingerprint density at radius 1 is 1.33 bits per heavy atom. The van der Waals surface area contributed by atoms with E-state index in [0.717, 1.165) is 5.56 Å². The lowest BCUT2D eigenvalue weighted by Gasteiger charge is -2.25. The van der Waals surface area contributed by atoms with Gasteiger partial charge in [-0.2, -0.15) is 0 Å². The molecule has 1 heterocycles. The van der Waals surface area contributed by atoms with E-state index >= 15 is 0 Å². The average molecular weight is 308 g/mol. The van der Waals surface area contributed by atoms with Gasteiger partial charge in [0.05, 0.1) is 5.25 Å². The summed E-state index contributed by atoms with van der Waals surface area (Å²) in [5.41, 5.74) is 0.984. The fraction of sp³-hybridized carbons (Fsp3) is 0.357. The molecule has 0 radical (unpaired) electrons. The second-order valence-corrected chi connectivity index (χ2v) is 5.92. The third-order valence-corrected chi connectivity index (χ3v) is 4.38. The van der Waals surface area contributed by atoms with E-state index in [2.05, 4.69) is 10.6 Å². The number of benzene rings is 1. The highest BCUT2D eigenvalue weighted by Crippen LogP contribution is 2.21. The first kappa shape index (κ1) is 15.4. The van der Waals surface area contributed by atoms with Crippen molar-refractivity contribution in [3.8, 4) is 0 Å². The number of carboxylic acids is 1. The van der Waals surface area contributed by atoms with Gasteiger partial charge in [0.15, 0.2) is 0 Å². The Hall–Kier alpha value is -2.02. The van der Waals surface area contributed by atoms with Crippen molar-refractivity contribution < 1.29 is 19.5 Å². The van der Waals surface area contributed by atoms with Gasteiger partial charge in [-0.05, 0) is 5.56 Å². The molecule has 3 N–H and O–H groups in total. The highest BCUT2D eigenvalue weighted by Gasteiger charge is 2.33. The van der Waals surface area contributed by atoms with E-state index in [9.17, 15) is 14.4 Å². The minimum atomic E-state index is -1.05. The molecule has 2 amide bonds. The number of carbonyl (C=O) groups excluding carboxylic acids is 2. The second kappa shape index (κ2) is 7.12. The number of carboxylic acid groups (broad SMARTS) is 1. The number of rotatable bonds is 5.